The monoisotopic (exact) mass is 353 g/mol. The number of amides is 3. The lowest BCUT2D eigenvalue weighted by Gasteiger charge is -2.18. The molecule has 3 rings (SSSR count). The lowest BCUT2D eigenvalue weighted by Crippen LogP contribution is -2.34. The first-order valence-electron chi connectivity index (χ1n) is 8.73. The Hall–Kier alpha value is -3.02. The molecular weight excluding hydrogens is 330 g/mol. The zero-order chi connectivity index (χ0) is 18.4. The van der Waals surface area contributed by atoms with Gasteiger partial charge in [0.15, 0.2) is 0 Å². The summed E-state index contributed by atoms with van der Waals surface area (Å²) in [5.74, 6) is 0.710. The maximum absolute atomic E-state index is 12.2. The summed E-state index contributed by atoms with van der Waals surface area (Å²) in [6, 6.07) is 16.5. The zero-order valence-electron chi connectivity index (χ0n) is 14.8. The van der Waals surface area contributed by atoms with Crippen molar-refractivity contribution >= 4 is 17.6 Å². The molecule has 3 amide bonds. The standard InChI is InChI=1S/C20H23N3O3/c1-23(13-14-26-18-5-3-2-4-6-18)20(25)22-17-9-7-15(8-10-17)19(24)21-16-11-12-16/h2-10,16H,11-14H2,1H3,(H,21,24)(H,22,25). The van der Waals surface area contributed by atoms with Crippen molar-refractivity contribution in [2.24, 2.45) is 0 Å². The number of carbonyl (C=O) groups is 2. The molecule has 26 heavy (non-hydrogen) atoms. The molecule has 0 aromatic heterocycles. The average molecular weight is 353 g/mol. The summed E-state index contributed by atoms with van der Waals surface area (Å²) in [4.78, 5) is 25.7. The van der Waals surface area contributed by atoms with Crippen molar-refractivity contribution in [1.29, 1.82) is 0 Å². The first-order valence-corrected chi connectivity index (χ1v) is 8.73. The fraction of sp³-hybridized carbons (Fsp3) is 0.300. The Morgan fingerprint density at radius 2 is 1.77 bits per heavy atom. The number of ether oxygens (including phenoxy) is 1. The third kappa shape index (κ3) is 5.24. The highest BCUT2D eigenvalue weighted by Crippen LogP contribution is 2.19. The van der Waals surface area contributed by atoms with Gasteiger partial charge in [0.05, 0.1) is 6.54 Å². The number of likely N-dealkylation sites (N-methyl/N-ethyl adjacent to an activating group) is 1. The maximum atomic E-state index is 12.2. The van der Waals surface area contributed by atoms with Crippen molar-refractivity contribution in [2.75, 3.05) is 25.5 Å². The Labute approximate surface area is 153 Å². The lowest BCUT2D eigenvalue weighted by atomic mass is 10.2. The quantitative estimate of drug-likeness (QED) is 0.803. The number of urea groups is 1. The number of carbonyl (C=O) groups excluding carboxylic acids is 2. The van der Waals surface area contributed by atoms with Gasteiger partial charge in [-0.15, -0.1) is 0 Å². The van der Waals surface area contributed by atoms with E-state index in [2.05, 4.69) is 10.6 Å². The molecule has 0 aliphatic heterocycles. The van der Waals surface area contributed by atoms with Gasteiger partial charge < -0.3 is 20.3 Å². The second kappa shape index (κ2) is 8.38. The molecule has 2 aromatic rings. The van der Waals surface area contributed by atoms with Gasteiger partial charge in [0.25, 0.3) is 5.91 Å². The Balaban J connectivity index is 1.43. The highest BCUT2D eigenvalue weighted by molar-refractivity contribution is 5.95. The molecule has 2 aromatic carbocycles. The molecule has 0 saturated heterocycles. The molecular formula is C20H23N3O3. The van der Waals surface area contributed by atoms with E-state index >= 15 is 0 Å². The third-order valence-corrected chi connectivity index (χ3v) is 4.10. The smallest absolute Gasteiger partial charge is 0.321 e. The van der Waals surface area contributed by atoms with Gasteiger partial charge in [-0.2, -0.15) is 0 Å². The molecule has 6 heteroatoms. The first-order chi connectivity index (χ1) is 12.6. The number of rotatable bonds is 7. The maximum Gasteiger partial charge on any atom is 0.321 e. The minimum atomic E-state index is -0.225. The normalized spacial score (nSPS) is 13.0. The van der Waals surface area contributed by atoms with Crippen LogP contribution in [0.5, 0.6) is 5.75 Å². The van der Waals surface area contributed by atoms with Gasteiger partial charge in [-0.25, -0.2) is 4.79 Å². The van der Waals surface area contributed by atoms with Crippen molar-refractivity contribution < 1.29 is 14.3 Å². The summed E-state index contributed by atoms with van der Waals surface area (Å²) in [6.45, 7) is 0.872. The van der Waals surface area contributed by atoms with Gasteiger partial charge in [-0.1, -0.05) is 18.2 Å². The SMILES string of the molecule is CN(CCOc1ccccc1)C(=O)Nc1ccc(C(=O)NC2CC2)cc1. The van der Waals surface area contributed by atoms with Crippen molar-refractivity contribution in [3.63, 3.8) is 0 Å². The van der Waals surface area contributed by atoms with E-state index in [0.717, 1.165) is 18.6 Å². The lowest BCUT2D eigenvalue weighted by molar-refractivity contribution is 0.0951. The largest absolute Gasteiger partial charge is 0.492 e. The number of para-hydroxylation sites is 1. The van der Waals surface area contributed by atoms with Crippen LogP contribution >= 0.6 is 0 Å². The molecule has 136 valence electrons. The molecule has 1 aliphatic carbocycles. The zero-order valence-corrected chi connectivity index (χ0v) is 14.8. The van der Waals surface area contributed by atoms with Crippen LogP contribution in [0.3, 0.4) is 0 Å². The molecule has 2 N–H and O–H groups in total. The molecule has 0 atom stereocenters. The van der Waals surface area contributed by atoms with E-state index in [-0.39, 0.29) is 11.9 Å². The number of hydrogen-bond acceptors (Lipinski definition) is 3. The summed E-state index contributed by atoms with van der Waals surface area (Å²) in [6.07, 6.45) is 2.11. The van der Waals surface area contributed by atoms with E-state index in [0.29, 0.717) is 30.4 Å². The molecule has 0 spiro atoms. The Kier molecular flexibility index (Phi) is 5.73. The predicted molar refractivity (Wildman–Crippen MR) is 101 cm³/mol. The average Bonchev–Trinajstić information content (AvgIpc) is 3.47. The minimum Gasteiger partial charge on any atom is -0.492 e. The van der Waals surface area contributed by atoms with Gasteiger partial charge in [-0.05, 0) is 49.2 Å². The van der Waals surface area contributed by atoms with Crippen LogP contribution in [0.2, 0.25) is 0 Å². The van der Waals surface area contributed by atoms with Gasteiger partial charge in [0.2, 0.25) is 0 Å². The van der Waals surface area contributed by atoms with Crippen LogP contribution in [-0.4, -0.2) is 43.1 Å². The minimum absolute atomic E-state index is 0.0689. The van der Waals surface area contributed by atoms with E-state index in [4.69, 9.17) is 4.74 Å². The Morgan fingerprint density at radius 1 is 1.08 bits per heavy atom. The van der Waals surface area contributed by atoms with Crippen LogP contribution in [0.4, 0.5) is 10.5 Å². The van der Waals surface area contributed by atoms with Gasteiger partial charge in [0, 0.05) is 24.3 Å². The van der Waals surface area contributed by atoms with Crippen LogP contribution in [0.1, 0.15) is 23.2 Å². The molecule has 0 heterocycles. The number of nitrogens with one attached hydrogen (secondary N) is 2. The number of nitrogens with zero attached hydrogens (tertiary/aromatic N) is 1. The number of anilines is 1. The highest BCUT2D eigenvalue weighted by atomic mass is 16.5. The van der Waals surface area contributed by atoms with Crippen LogP contribution in [-0.2, 0) is 0 Å². The molecule has 1 fully saturated rings. The summed E-state index contributed by atoms with van der Waals surface area (Å²) in [7, 11) is 1.71. The summed E-state index contributed by atoms with van der Waals surface area (Å²) < 4.78 is 5.59. The van der Waals surface area contributed by atoms with Gasteiger partial charge in [0.1, 0.15) is 12.4 Å². The predicted octanol–water partition coefficient (Wildman–Crippen LogP) is 3.12. The molecule has 0 radical (unpaired) electrons. The topological polar surface area (TPSA) is 70.7 Å². The second-order valence-electron chi connectivity index (χ2n) is 6.34. The molecule has 6 nitrogen and oxygen atoms in total. The fourth-order valence-corrected chi connectivity index (χ4v) is 2.34. The van der Waals surface area contributed by atoms with Gasteiger partial charge in [-0.3, -0.25) is 4.79 Å². The molecule has 0 bridgehead atoms. The van der Waals surface area contributed by atoms with E-state index in [9.17, 15) is 9.59 Å². The van der Waals surface area contributed by atoms with Crippen LogP contribution < -0.4 is 15.4 Å². The first kappa shape index (κ1) is 17.8. The summed E-state index contributed by atoms with van der Waals surface area (Å²) >= 11 is 0. The van der Waals surface area contributed by atoms with E-state index in [1.807, 2.05) is 30.3 Å². The highest BCUT2D eigenvalue weighted by Gasteiger charge is 2.23. The van der Waals surface area contributed by atoms with E-state index < -0.39 is 0 Å². The van der Waals surface area contributed by atoms with Crippen molar-refractivity contribution in [2.45, 2.75) is 18.9 Å². The van der Waals surface area contributed by atoms with Crippen LogP contribution in [0.15, 0.2) is 54.6 Å². The number of hydrogen-bond donors (Lipinski definition) is 2. The Morgan fingerprint density at radius 3 is 2.42 bits per heavy atom. The Bertz CT molecular complexity index is 743. The van der Waals surface area contributed by atoms with Crippen molar-refractivity contribution in [3.8, 4) is 5.75 Å². The second-order valence-corrected chi connectivity index (χ2v) is 6.34. The fourth-order valence-electron chi connectivity index (χ4n) is 2.34. The molecule has 1 saturated carbocycles. The van der Waals surface area contributed by atoms with Crippen molar-refractivity contribution in [3.05, 3.63) is 60.2 Å². The number of benzene rings is 2. The van der Waals surface area contributed by atoms with Gasteiger partial charge >= 0.3 is 6.03 Å². The molecule has 1 aliphatic rings. The van der Waals surface area contributed by atoms with Crippen LogP contribution in [0, 0.1) is 0 Å². The molecule has 0 unspecified atom stereocenters. The van der Waals surface area contributed by atoms with Crippen molar-refractivity contribution in [1.82, 2.24) is 10.2 Å². The van der Waals surface area contributed by atoms with Crippen LogP contribution in [0.25, 0.3) is 0 Å². The van der Waals surface area contributed by atoms with E-state index in [1.165, 1.54) is 0 Å². The van der Waals surface area contributed by atoms with E-state index in [1.54, 1.807) is 36.2 Å². The third-order valence-electron chi connectivity index (χ3n) is 4.10. The summed E-state index contributed by atoms with van der Waals surface area (Å²) in [5, 5.41) is 5.75. The summed E-state index contributed by atoms with van der Waals surface area (Å²) in [5.41, 5.74) is 1.24.